The minimum atomic E-state index is -0.656. The van der Waals surface area contributed by atoms with Gasteiger partial charge in [0.1, 0.15) is 0 Å². The van der Waals surface area contributed by atoms with Crippen molar-refractivity contribution in [2.24, 2.45) is 17.8 Å². The van der Waals surface area contributed by atoms with Gasteiger partial charge in [-0.2, -0.15) is 0 Å². The van der Waals surface area contributed by atoms with Crippen LogP contribution in [0.15, 0.2) is 30.3 Å². The minimum Gasteiger partial charge on any atom is -0.300 e. The molecule has 1 aromatic carbocycles. The van der Waals surface area contributed by atoms with Gasteiger partial charge in [0, 0.05) is 38.8 Å². The van der Waals surface area contributed by atoms with Crippen LogP contribution in [-0.4, -0.2) is 82.9 Å². The van der Waals surface area contributed by atoms with Gasteiger partial charge < -0.3 is 4.90 Å². The second-order valence-corrected chi connectivity index (χ2v) is 10.1. The number of imide groups is 2. The third-order valence-corrected chi connectivity index (χ3v) is 8.27. The summed E-state index contributed by atoms with van der Waals surface area (Å²) in [7, 11) is 0. The standard InChI is InChI=1S/C25H34N4O3/c1-18(22-16-20-7-8-21(22)15-20)29-24(31)23(30)28(25(29)32)17-27-13-11-26(12-14-27)10-9-19-5-3-2-4-6-19/h2-6,18,20-22H,7-17H2,1H3/t18-,20-,21-,22-/m0/s1. The van der Waals surface area contributed by atoms with Crippen LogP contribution in [0.4, 0.5) is 4.79 Å². The molecule has 4 amide bonds. The number of amides is 4. The van der Waals surface area contributed by atoms with Gasteiger partial charge in [0.25, 0.3) is 0 Å². The Kier molecular flexibility index (Phi) is 6.03. The molecule has 7 nitrogen and oxygen atoms in total. The zero-order valence-electron chi connectivity index (χ0n) is 19.0. The van der Waals surface area contributed by atoms with E-state index >= 15 is 0 Å². The number of carbonyl (C=O) groups excluding carboxylic acids is 3. The summed E-state index contributed by atoms with van der Waals surface area (Å²) in [4.78, 5) is 45.5. The lowest BCUT2D eigenvalue weighted by Gasteiger charge is -2.36. The Labute approximate surface area is 190 Å². The van der Waals surface area contributed by atoms with Crippen molar-refractivity contribution < 1.29 is 14.4 Å². The van der Waals surface area contributed by atoms with E-state index in [-0.39, 0.29) is 12.7 Å². The van der Waals surface area contributed by atoms with E-state index < -0.39 is 17.8 Å². The van der Waals surface area contributed by atoms with E-state index in [9.17, 15) is 14.4 Å². The van der Waals surface area contributed by atoms with Crippen LogP contribution in [0.25, 0.3) is 0 Å². The summed E-state index contributed by atoms with van der Waals surface area (Å²) in [6, 6.07) is 9.88. The maximum Gasteiger partial charge on any atom is 0.335 e. The van der Waals surface area contributed by atoms with Gasteiger partial charge in [0.05, 0.1) is 6.67 Å². The maximum atomic E-state index is 13.1. The molecule has 4 atom stereocenters. The fraction of sp³-hybridized carbons (Fsp3) is 0.640. The highest BCUT2D eigenvalue weighted by atomic mass is 16.2. The van der Waals surface area contributed by atoms with Crippen molar-refractivity contribution in [1.29, 1.82) is 0 Å². The number of carbonyl (C=O) groups is 3. The zero-order valence-corrected chi connectivity index (χ0v) is 19.0. The van der Waals surface area contributed by atoms with Crippen LogP contribution >= 0.6 is 0 Å². The topological polar surface area (TPSA) is 64.2 Å². The molecule has 4 fully saturated rings. The molecule has 7 heteroatoms. The highest BCUT2D eigenvalue weighted by Crippen LogP contribution is 2.50. The van der Waals surface area contributed by atoms with E-state index in [1.807, 2.05) is 13.0 Å². The molecule has 1 aromatic rings. The van der Waals surface area contributed by atoms with Crippen LogP contribution in [0.5, 0.6) is 0 Å². The van der Waals surface area contributed by atoms with Crippen molar-refractivity contribution in [2.45, 2.75) is 45.1 Å². The van der Waals surface area contributed by atoms with E-state index in [4.69, 9.17) is 0 Å². The van der Waals surface area contributed by atoms with Crippen molar-refractivity contribution in [1.82, 2.24) is 19.6 Å². The summed E-state index contributed by atoms with van der Waals surface area (Å²) in [5, 5.41) is 0. The molecule has 0 radical (unpaired) electrons. The predicted octanol–water partition coefficient (Wildman–Crippen LogP) is 2.42. The second-order valence-electron chi connectivity index (χ2n) is 10.1. The number of hydrogen-bond acceptors (Lipinski definition) is 5. The molecule has 2 aliphatic carbocycles. The third kappa shape index (κ3) is 4.08. The third-order valence-electron chi connectivity index (χ3n) is 8.27. The van der Waals surface area contributed by atoms with E-state index in [1.54, 1.807) is 0 Å². The molecule has 4 aliphatic rings. The van der Waals surface area contributed by atoms with E-state index in [1.165, 1.54) is 34.6 Å². The van der Waals surface area contributed by atoms with Crippen LogP contribution in [0.3, 0.4) is 0 Å². The first-order chi connectivity index (χ1) is 15.5. The van der Waals surface area contributed by atoms with Gasteiger partial charge in [-0.15, -0.1) is 0 Å². The lowest BCUT2D eigenvalue weighted by Crippen LogP contribution is -2.52. The fourth-order valence-electron chi connectivity index (χ4n) is 6.37. The van der Waals surface area contributed by atoms with Gasteiger partial charge >= 0.3 is 17.8 Å². The number of benzene rings is 1. The molecule has 0 spiro atoms. The van der Waals surface area contributed by atoms with Crippen LogP contribution in [0, 0.1) is 17.8 Å². The van der Waals surface area contributed by atoms with E-state index in [0.717, 1.165) is 51.5 Å². The largest absolute Gasteiger partial charge is 0.335 e. The average molecular weight is 439 g/mol. The molecule has 0 N–H and O–H groups in total. The summed E-state index contributed by atoms with van der Waals surface area (Å²) >= 11 is 0. The average Bonchev–Trinajstić information content (AvgIpc) is 3.50. The Morgan fingerprint density at radius 1 is 0.906 bits per heavy atom. The lowest BCUT2D eigenvalue weighted by molar-refractivity contribution is -0.145. The smallest absolute Gasteiger partial charge is 0.300 e. The summed E-state index contributed by atoms with van der Waals surface area (Å²) < 4.78 is 0. The molecule has 2 saturated heterocycles. The molecule has 172 valence electrons. The number of nitrogens with zero attached hydrogens (tertiary/aromatic N) is 4. The van der Waals surface area contributed by atoms with Crippen LogP contribution < -0.4 is 0 Å². The molecule has 5 rings (SSSR count). The van der Waals surface area contributed by atoms with Crippen molar-refractivity contribution >= 4 is 17.8 Å². The molecule has 32 heavy (non-hydrogen) atoms. The summed E-state index contributed by atoms with van der Waals surface area (Å²) in [5.41, 5.74) is 1.34. The zero-order chi connectivity index (χ0) is 22.2. The van der Waals surface area contributed by atoms with Gasteiger partial charge in [0.15, 0.2) is 0 Å². The van der Waals surface area contributed by atoms with Crippen LogP contribution in [0.1, 0.15) is 38.2 Å². The highest BCUT2D eigenvalue weighted by molar-refractivity contribution is 6.44. The van der Waals surface area contributed by atoms with Gasteiger partial charge in [-0.25, -0.2) is 9.69 Å². The first-order valence-electron chi connectivity index (χ1n) is 12.2. The molecular formula is C25H34N4O3. The first kappa shape index (κ1) is 21.6. The van der Waals surface area contributed by atoms with Crippen molar-refractivity contribution in [3.63, 3.8) is 0 Å². The second kappa shape index (κ2) is 8.94. The monoisotopic (exact) mass is 438 g/mol. The molecule has 2 saturated carbocycles. The van der Waals surface area contributed by atoms with Gasteiger partial charge in [-0.05, 0) is 55.9 Å². The molecule has 2 aliphatic heterocycles. The van der Waals surface area contributed by atoms with Crippen molar-refractivity contribution in [3.8, 4) is 0 Å². The molecule has 0 aromatic heterocycles. The van der Waals surface area contributed by atoms with Crippen molar-refractivity contribution in [3.05, 3.63) is 35.9 Å². The predicted molar refractivity (Wildman–Crippen MR) is 121 cm³/mol. The van der Waals surface area contributed by atoms with Gasteiger partial charge in [-0.3, -0.25) is 19.4 Å². The molecule has 0 unspecified atom stereocenters. The summed E-state index contributed by atoms with van der Waals surface area (Å²) in [5.74, 6) is 0.403. The summed E-state index contributed by atoms with van der Waals surface area (Å²) in [6.45, 7) is 6.58. The maximum absolute atomic E-state index is 13.1. The number of hydrogen-bond donors (Lipinski definition) is 0. The fourth-order valence-corrected chi connectivity index (χ4v) is 6.37. The van der Waals surface area contributed by atoms with Crippen LogP contribution in [0.2, 0.25) is 0 Å². The van der Waals surface area contributed by atoms with E-state index in [2.05, 4.69) is 34.1 Å². The number of rotatable bonds is 7. The first-order valence-corrected chi connectivity index (χ1v) is 12.2. The SMILES string of the molecule is C[C@@H]([C@@H]1C[C@H]2CC[C@H]1C2)N1C(=O)C(=O)N(CN2CCN(CCc3ccccc3)CC2)C1=O. The number of urea groups is 1. The Morgan fingerprint density at radius 3 is 2.28 bits per heavy atom. The molecular weight excluding hydrogens is 404 g/mol. The number of piperazine rings is 1. The lowest BCUT2D eigenvalue weighted by atomic mass is 9.83. The van der Waals surface area contributed by atoms with Gasteiger partial charge in [-0.1, -0.05) is 36.8 Å². The Balaban J connectivity index is 1.13. The van der Waals surface area contributed by atoms with Crippen molar-refractivity contribution in [2.75, 3.05) is 39.4 Å². The Bertz CT molecular complexity index is 867. The Morgan fingerprint density at radius 2 is 1.62 bits per heavy atom. The Hall–Kier alpha value is -2.25. The summed E-state index contributed by atoms with van der Waals surface area (Å²) in [6.07, 6.45) is 5.80. The van der Waals surface area contributed by atoms with Gasteiger partial charge in [0.2, 0.25) is 0 Å². The number of fused-ring (bicyclic) bond motifs is 2. The minimum absolute atomic E-state index is 0.186. The van der Waals surface area contributed by atoms with E-state index in [0.29, 0.717) is 11.8 Å². The van der Waals surface area contributed by atoms with Crippen LogP contribution in [-0.2, 0) is 16.0 Å². The normalized spacial score (nSPS) is 30.0. The molecule has 2 bridgehead atoms. The quantitative estimate of drug-likeness (QED) is 0.483. The molecule has 2 heterocycles. The highest BCUT2D eigenvalue weighted by Gasteiger charge is 2.52.